The molecule has 0 aromatic heterocycles. The van der Waals surface area contributed by atoms with E-state index in [1.54, 1.807) is 0 Å². The minimum atomic E-state index is -4.97. The first kappa shape index (κ1) is 51.9. The van der Waals surface area contributed by atoms with E-state index >= 15 is 0 Å². The Bertz CT molecular complexity index is 1040. The van der Waals surface area contributed by atoms with Gasteiger partial charge < -0.3 is 89.8 Å². The molecule has 0 amide bonds. The minimum Gasteiger partial charge on any atom is -0.328 e. The molecule has 0 aromatic carbocycles. The van der Waals surface area contributed by atoms with Gasteiger partial charge in [0.05, 0.1) is 0 Å². The van der Waals surface area contributed by atoms with Gasteiger partial charge in [-0.2, -0.15) is 0 Å². The summed E-state index contributed by atoms with van der Waals surface area (Å²) < 4.78 is 81.2. The molecule has 44 heavy (non-hydrogen) atoms. The molecule has 0 heterocycles. The fourth-order valence-electron chi connectivity index (χ4n) is 2.37. The predicted molar refractivity (Wildman–Crippen MR) is 150 cm³/mol. The van der Waals surface area contributed by atoms with Crippen molar-refractivity contribution in [3.63, 3.8) is 0 Å². The van der Waals surface area contributed by atoms with Crippen LogP contribution in [0.15, 0.2) is 0 Å². The molecule has 34 heteroatoms. The molecule has 0 saturated carbocycles. The molecule has 0 rings (SSSR count). The lowest BCUT2D eigenvalue weighted by Gasteiger charge is -2.27. The van der Waals surface area contributed by atoms with Crippen LogP contribution in [-0.2, 0) is 36.5 Å². The van der Waals surface area contributed by atoms with Crippen molar-refractivity contribution in [2.45, 2.75) is 43.7 Å². The van der Waals surface area contributed by atoms with E-state index in [0.29, 0.717) is 6.42 Å². The van der Waals surface area contributed by atoms with Gasteiger partial charge in [0.2, 0.25) is 0 Å². The van der Waals surface area contributed by atoms with Crippen LogP contribution >= 0.6 is 60.8 Å². The molecule has 0 spiro atoms. The largest absolute Gasteiger partial charge is 0.342 e. The predicted octanol–water partition coefficient (Wildman–Crippen LogP) is -2.59. The molecule has 0 bridgehead atoms. The molecule has 2 atom stereocenters. The zero-order valence-corrected chi connectivity index (χ0v) is 29.3. The molecule has 0 aliphatic heterocycles. The van der Waals surface area contributed by atoms with E-state index in [4.69, 9.17) is 89.8 Å². The molecule has 2 unspecified atom stereocenters. The first-order valence-corrected chi connectivity index (χ1v) is 24.7. The van der Waals surface area contributed by atoms with Crippen LogP contribution in [0.5, 0.6) is 0 Å². The second-order valence-electron chi connectivity index (χ2n) is 8.45. The van der Waals surface area contributed by atoms with E-state index in [1.165, 1.54) is 0 Å². The molecule has 0 aliphatic rings. The standard InChI is InChI=1S/C7H20N2O6P2.3CH6O6P2/c1-2-3-5(8)4-6(9)7(16(10,11)12)17(13,14)15;3*2-8(3,4)1-9(5,6)7/h5-7H,2-4,8-9H2,1H3,(H2,10,11,12)(H2,13,14,15);3*1H2,(H2,2,3,4)(H2,5,6,7). The number of rotatable bonds is 13. The highest BCUT2D eigenvalue weighted by Gasteiger charge is 2.47. The van der Waals surface area contributed by atoms with Crippen molar-refractivity contribution >= 4 is 60.8 Å². The van der Waals surface area contributed by atoms with Crippen LogP contribution < -0.4 is 11.5 Å². The van der Waals surface area contributed by atoms with E-state index in [2.05, 4.69) is 0 Å². The van der Waals surface area contributed by atoms with Gasteiger partial charge in [-0.25, -0.2) is 0 Å². The van der Waals surface area contributed by atoms with Crippen molar-refractivity contribution in [1.29, 1.82) is 0 Å². The molecule has 0 radical (unpaired) electrons. The van der Waals surface area contributed by atoms with Crippen molar-refractivity contribution < 1.29 is 115 Å². The topological polar surface area (TPSA) is 512 Å². The van der Waals surface area contributed by atoms with Crippen LogP contribution in [0.2, 0.25) is 0 Å². The zero-order valence-electron chi connectivity index (χ0n) is 22.1. The first-order chi connectivity index (χ1) is 18.6. The van der Waals surface area contributed by atoms with Crippen LogP contribution in [0.1, 0.15) is 26.2 Å². The fraction of sp³-hybridized carbons (Fsp3) is 1.00. The van der Waals surface area contributed by atoms with Gasteiger partial charge in [0, 0.05) is 12.1 Å². The summed E-state index contributed by atoms with van der Waals surface area (Å²) in [5.41, 5.74) is 11.1. The molecule has 0 aliphatic carbocycles. The monoisotopic (exact) mass is 818 g/mol. The van der Waals surface area contributed by atoms with Crippen LogP contribution in [0.4, 0.5) is 0 Å². The maximum atomic E-state index is 11.0. The molecular formula is C10H38N2O24P8. The Balaban J connectivity index is -0.000000256. The second kappa shape index (κ2) is 20.0. The van der Waals surface area contributed by atoms with Crippen molar-refractivity contribution in [1.82, 2.24) is 0 Å². The van der Waals surface area contributed by atoms with E-state index in [0.717, 1.165) is 6.42 Å². The highest BCUT2D eigenvalue weighted by Crippen LogP contribution is 2.61. The van der Waals surface area contributed by atoms with E-state index in [-0.39, 0.29) is 6.42 Å². The lowest BCUT2D eigenvalue weighted by molar-refractivity contribution is 0.322. The van der Waals surface area contributed by atoms with Gasteiger partial charge in [0.25, 0.3) is 0 Å². The van der Waals surface area contributed by atoms with E-state index < -0.39 is 96.0 Å². The molecule has 26 nitrogen and oxygen atoms in total. The zero-order chi connectivity index (χ0) is 37.0. The van der Waals surface area contributed by atoms with Gasteiger partial charge in [-0.05, 0) is 12.8 Å². The normalized spacial score (nSPS) is 15.1. The molecule has 272 valence electrons. The van der Waals surface area contributed by atoms with Crippen molar-refractivity contribution in [2.75, 3.05) is 17.7 Å². The van der Waals surface area contributed by atoms with Gasteiger partial charge >= 0.3 is 60.8 Å². The summed E-state index contributed by atoms with van der Waals surface area (Å²) in [6, 6.07) is -1.77. The lowest BCUT2D eigenvalue weighted by atomic mass is 10.1. The number of nitrogens with two attached hydrogens (primary N) is 2. The molecular weight excluding hydrogens is 780 g/mol. The summed E-state index contributed by atoms with van der Waals surface area (Å²) in [4.78, 5) is 131. The SMILES string of the molecule is CCCC(N)CC(N)C(P(=O)(O)O)P(=O)(O)O.O=P(O)(O)CP(=O)(O)O.O=P(O)(O)CP(=O)(O)O.O=P(O)(O)CP(=O)(O)O. The summed E-state index contributed by atoms with van der Waals surface area (Å²) in [5.74, 6) is -4.12. The summed E-state index contributed by atoms with van der Waals surface area (Å²) in [7, 11) is -37.2. The molecule has 0 aromatic rings. The van der Waals surface area contributed by atoms with Crippen molar-refractivity contribution in [3.05, 3.63) is 0 Å². The Morgan fingerprint density at radius 1 is 0.455 bits per heavy atom. The Kier molecular flexibility index (Phi) is 23.6. The van der Waals surface area contributed by atoms with E-state index in [1.807, 2.05) is 6.92 Å². The Morgan fingerprint density at radius 2 is 0.659 bits per heavy atom. The second-order valence-corrected chi connectivity index (χ2v) is 23.7. The van der Waals surface area contributed by atoms with Crippen LogP contribution in [-0.4, -0.2) is 113 Å². The van der Waals surface area contributed by atoms with Gasteiger partial charge in [-0.15, -0.1) is 0 Å². The average molecular weight is 818 g/mol. The Morgan fingerprint density at radius 3 is 0.773 bits per heavy atom. The van der Waals surface area contributed by atoms with Crippen LogP contribution in [0, 0.1) is 0 Å². The average Bonchev–Trinajstić information content (AvgIpc) is 2.49. The summed E-state index contributed by atoms with van der Waals surface area (Å²) >= 11 is 0. The molecule has 20 N–H and O–H groups in total. The summed E-state index contributed by atoms with van der Waals surface area (Å²) in [6.07, 6.45) is 1.28. The van der Waals surface area contributed by atoms with Crippen molar-refractivity contribution in [2.24, 2.45) is 11.5 Å². The van der Waals surface area contributed by atoms with Gasteiger partial charge in [0.15, 0.2) is 23.1 Å². The third-order valence-corrected chi connectivity index (χ3v) is 16.2. The van der Waals surface area contributed by atoms with Gasteiger partial charge in [-0.3, -0.25) is 36.5 Å². The number of hydrogen-bond donors (Lipinski definition) is 18. The highest BCUT2D eigenvalue weighted by molar-refractivity contribution is 7.71. The Labute approximate surface area is 248 Å². The van der Waals surface area contributed by atoms with Gasteiger partial charge in [-0.1, -0.05) is 13.3 Å². The molecule has 0 fully saturated rings. The Hall–Kier alpha value is 1.12. The van der Waals surface area contributed by atoms with Crippen molar-refractivity contribution in [3.8, 4) is 0 Å². The highest BCUT2D eigenvalue weighted by atomic mass is 31.3. The number of hydrogen-bond acceptors (Lipinski definition) is 10. The van der Waals surface area contributed by atoms with Gasteiger partial charge in [0.1, 0.15) is 0 Å². The van der Waals surface area contributed by atoms with E-state index in [9.17, 15) is 36.5 Å². The smallest absolute Gasteiger partial charge is 0.328 e. The quantitative estimate of drug-likeness (QED) is 0.0848. The summed E-state index contributed by atoms with van der Waals surface area (Å²) in [6.45, 7) is 1.87. The summed E-state index contributed by atoms with van der Waals surface area (Å²) in [5, 5.41) is -2.18. The van der Waals surface area contributed by atoms with Crippen LogP contribution in [0.3, 0.4) is 0 Å². The fourth-order valence-corrected chi connectivity index (χ4v) is 10.9. The maximum absolute atomic E-state index is 11.0. The lowest BCUT2D eigenvalue weighted by Crippen LogP contribution is -2.40. The third kappa shape index (κ3) is 43.1. The maximum Gasteiger partial charge on any atom is 0.342 e. The van der Waals surface area contributed by atoms with Crippen LogP contribution in [0.25, 0.3) is 0 Å². The third-order valence-electron chi connectivity index (χ3n) is 3.41. The molecule has 0 saturated heterocycles. The minimum absolute atomic E-state index is 0.0469. The first-order valence-electron chi connectivity index (χ1n) is 10.5.